The minimum Gasteiger partial charge on any atom is -0.384 e. The van der Waals surface area contributed by atoms with Crippen molar-refractivity contribution < 1.29 is 9.53 Å². The van der Waals surface area contributed by atoms with E-state index in [0.29, 0.717) is 18.9 Å². The average Bonchev–Trinajstić information content (AvgIpc) is 2.35. The van der Waals surface area contributed by atoms with E-state index >= 15 is 0 Å². The summed E-state index contributed by atoms with van der Waals surface area (Å²) in [5.41, 5.74) is 0. The van der Waals surface area contributed by atoms with Crippen molar-refractivity contribution >= 4 is 18.3 Å². The third kappa shape index (κ3) is 7.90. The highest BCUT2D eigenvalue weighted by Gasteiger charge is 2.14. The summed E-state index contributed by atoms with van der Waals surface area (Å²) in [5.74, 6) is 1.31. The van der Waals surface area contributed by atoms with Crippen LogP contribution in [0.3, 0.4) is 0 Å². The van der Waals surface area contributed by atoms with E-state index in [1.165, 1.54) is 12.8 Å². The molecule has 1 aliphatic heterocycles. The third-order valence-electron chi connectivity index (χ3n) is 3.34. The molecule has 0 aromatic heterocycles. The summed E-state index contributed by atoms with van der Waals surface area (Å²) in [6.45, 7) is 5.72. The molecule has 0 bridgehead atoms. The maximum atomic E-state index is 11.6. The molecule has 0 aromatic carbocycles. The quantitative estimate of drug-likeness (QED) is 0.744. The highest BCUT2D eigenvalue weighted by atomic mass is 35.5. The highest BCUT2D eigenvalue weighted by Crippen LogP contribution is 2.17. The van der Waals surface area contributed by atoms with Gasteiger partial charge in [0.2, 0.25) is 5.91 Å². The molecule has 108 valence electrons. The number of hydrogen-bond acceptors (Lipinski definition) is 3. The van der Waals surface area contributed by atoms with Crippen molar-refractivity contribution in [1.82, 2.24) is 10.6 Å². The predicted octanol–water partition coefficient (Wildman–Crippen LogP) is 1.59. The van der Waals surface area contributed by atoms with E-state index in [9.17, 15) is 4.79 Å². The van der Waals surface area contributed by atoms with Gasteiger partial charge in [0.05, 0.1) is 6.61 Å². The Balaban J connectivity index is 0.00000289. The second-order valence-corrected chi connectivity index (χ2v) is 5.10. The first-order chi connectivity index (χ1) is 8.22. The van der Waals surface area contributed by atoms with Gasteiger partial charge in [-0.15, -0.1) is 12.4 Å². The van der Waals surface area contributed by atoms with E-state index in [-0.39, 0.29) is 18.3 Å². The second kappa shape index (κ2) is 10.6. The Hall–Kier alpha value is -0.320. The number of rotatable bonds is 7. The van der Waals surface area contributed by atoms with Gasteiger partial charge in [0.15, 0.2) is 0 Å². The van der Waals surface area contributed by atoms with Crippen LogP contribution in [0, 0.1) is 11.8 Å². The van der Waals surface area contributed by atoms with E-state index in [2.05, 4.69) is 17.6 Å². The maximum absolute atomic E-state index is 11.6. The number of piperidine rings is 1. The van der Waals surface area contributed by atoms with Crippen LogP contribution in [0.1, 0.15) is 32.6 Å². The lowest BCUT2D eigenvalue weighted by molar-refractivity contribution is -0.121. The number of halogens is 1. The van der Waals surface area contributed by atoms with E-state index in [4.69, 9.17) is 4.74 Å². The van der Waals surface area contributed by atoms with Gasteiger partial charge in [-0.25, -0.2) is 0 Å². The number of methoxy groups -OCH3 is 1. The van der Waals surface area contributed by atoms with Crippen LogP contribution in [0.4, 0.5) is 0 Å². The molecule has 1 saturated heterocycles. The molecule has 1 heterocycles. The van der Waals surface area contributed by atoms with Crippen LogP contribution in [0.5, 0.6) is 0 Å². The minimum atomic E-state index is 0. The largest absolute Gasteiger partial charge is 0.384 e. The van der Waals surface area contributed by atoms with E-state index in [1.807, 2.05) is 0 Å². The first kappa shape index (κ1) is 17.7. The van der Waals surface area contributed by atoms with Crippen molar-refractivity contribution in [2.45, 2.75) is 32.6 Å². The monoisotopic (exact) mass is 278 g/mol. The number of amides is 1. The Morgan fingerprint density at radius 2 is 2.11 bits per heavy atom. The zero-order valence-corrected chi connectivity index (χ0v) is 12.4. The average molecular weight is 279 g/mol. The number of carbonyl (C=O) groups is 1. The number of hydrogen-bond donors (Lipinski definition) is 2. The molecule has 5 heteroatoms. The normalized spacial score (nSPS) is 17.9. The van der Waals surface area contributed by atoms with Crippen LogP contribution >= 0.6 is 12.4 Å². The summed E-state index contributed by atoms with van der Waals surface area (Å²) in [6, 6.07) is 0. The van der Waals surface area contributed by atoms with Gasteiger partial charge in [0, 0.05) is 20.1 Å². The van der Waals surface area contributed by atoms with E-state index in [0.717, 1.165) is 32.0 Å². The van der Waals surface area contributed by atoms with Crippen molar-refractivity contribution in [3.63, 3.8) is 0 Å². The summed E-state index contributed by atoms with van der Waals surface area (Å²) in [5, 5.41) is 6.31. The highest BCUT2D eigenvalue weighted by molar-refractivity contribution is 5.85. The van der Waals surface area contributed by atoms with Crippen molar-refractivity contribution in [2.75, 3.05) is 33.4 Å². The first-order valence-corrected chi connectivity index (χ1v) is 6.68. The molecule has 1 aliphatic rings. The fourth-order valence-electron chi connectivity index (χ4n) is 2.23. The van der Waals surface area contributed by atoms with Crippen LogP contribution in [0.15, 0.2) is 0 Å². The molecular formula is C13H27ClN2O2. The van der Waals surface area contributed by atoms with Crippen LogP contribution in [-0.4, -0.2) is 39.3 Å². The Morgan fingerprint density at radius 1 is 1.44 bits per heavy atom. The molecule has 2 N–H and O–H groups in total. The SMILES string of the molecule is COCC(C)CNC(=O)CCC1CCNCC1.Cl. The number of nitrogens with one attached hydrogen (secondary N) is 2. The molecule has 1 fully saturated rings. The van der Waals surface area contributed by atoms with Gasteiger partial charge in [0.25, 0.3) is 0 Å². The Labute approximate surface area is 117 Å². The van der Waals surface area contributed by atoms with Gasteiger partial charge in [-0.3, -0.25) is 4.79 Å². The predicted molar refractivity (Wildman–Crippen MR) is 76.1 cm³/mol. The topological polar surface area (TPSA) is 50.4 Å². The lowest BCUT2D eigenvalue weighted by Gasteiger charge is -2.22. The summed E-state index contributed by atoms with van der Waals surface area (Å²) >= 11 is 0. The van der Waals surface area contributed by atoms with Gasteiger partial charge in [0.1, 0.15) is 0 Å². The number of ether oxygens (including phenoxy) is 1. The van der Waals surface area contributed by atoms with Crippen molar-refractivity contribution in [1.29, 1.82) is 0 Å². The molecule has 4 nitrogen and oxygen atoms in total. The molecule has 0 aromatic rings. The van der Waals surface area contributed by atoms with Crippen molar-refractivity contribution in [3.8, 4) is 0 Å². The Bertz CT molecular complexity index is 221. The molecule has 0 aliphatic carbocycles. The van der Waals surface area contributed by atoms with E-state index < -0.39 is 0 Å². The molecule has 1 rings (SSSR count). The lowest BCUT2D eigenvalue weighted by atomic mass is 9.93. The fraction of sp³-hybridized carbons (Fsp3) is 0.923. The fourth-order valence-corrected chi connectivity index (χ4v) is 2.23. The maximum Gasteiger partial charge on any atom is 0.220 e. The van der Waals surface area contributed by atoms with Crippen LogP contribution < -0.4 is 10.6 Å². The van der Waals surface area contributed by atoms with Crippen molar-refractivity contribution in [3.05, 3.63) is 0 Å². The molecule has 18 heavy (non-hydrogen) atoms. The zero-order valence-electron chi connectivity index (χ0n) is 11.5. The smallest absolute Gasteiger partial charge is 0.220 e. The first-order valence-electron chi connectivity index (χ1n) is 6.68. The summed E-state index contributed by atoms with van der Waals surface area (Å²) in [7, 11) is 1.69. The molecule has 0 spiro atoms. The summed E-state index contributed by atoms with van der Waals surface area (Å²) < 4.78 is 5.03. The molecule has 0 radical (unpaired) electrons. The van der Waals surface area contributed by atoms with Gasteiger partial charge >= 0.3 is 0 Å². The molecule has 0 saturated carbocycles. The van der Waals surface area contributed by atoms with Crippen LogP contribution in [-0.2, 0) is 9.53 Å². The van der Waals surface area contributed by atoms with Crippen LogP contribution in [0.25, 0.3) is 0 Å². The third-order valence-corrected chi connectivity index (χ3v) is 3.34. The minimum absolute atomic E-state index is 0. The summed E-state index contributed by atoms with van der Waals surface area (Å²) in [4.78, 5) is 11.6. The Kier molecular flexibility index (Phi) is 10.4. The van der Waals surface area contributed by atoms with Gasteiger partial charge in [-0.1, -0.05) is 6.92 Å². The standard InChI is InChI=1S/C13H26N2O2.ClH/c1-11(10-17-2)9-15-13(16)4-3-12-5-7-14-8-6-12;/h11-12,14H,3-10H2,1-2H3,(H,15,16);1H. The molecule has 1 unspecified atom stereocenters. The number of carbonyl (C=O) groups excluding carboxylic acids is 1. The molecule has 1 amide bonds. The van der Waals surface area contributed by atoms with Crippen LogP contribution in [0.2, 0.25) is 0 Å². The zero-order chi connectivity index (χ0) is 12.5. The van der Waals surface area contributed by atoms with Gasteiger partial charge in [-0.2, -0.15) is 0 Å². The summed E-state index contributed by atoms with van der Waals surface area (Å²) in [6.07, 6.45) is 4.14. The van der Waals surface area contributed by atoms with Gasteiger partial charge in [-0.05, 0) is 44.2 Å². The molecular weight excluding hydrogens is 252 g/mol. The molecule has 1 atom stereocenters. The van der Waals surface area contributed by atoms with Crippen molar-refractivity contribution in [2.24, 2.45) is 11.8 Å². The second-order valence-electron chi connectivity index (χ2n) is 5.10. The van der Waals surface area contributed by atoms with E-state index in [1.54, 1.807) is 7.11 Å². The Morgan fingerprint density at radius 3 is 2.72 bits per heavy atom. The van der Waals surface area contributed by atoms with Gasteiger partial charge < -0.3 is 15.4 Å². The lowest BCUT2D eigenvalue weighted by Crippen LogP contribution is -2.31.